The predicted octanol–water partition coefficient (Wildman–Crippen LogP) is 4.86. The number of fused-ring (bicyclic) bond motifs is 1. The van der Waals surface area contributed by atoms with Gasteiger partial charge in [-0.15, -0.1) is 0 Å². The van der Waals surface area contributed by atoms with Crippen molar-refractivity contribution in [1.29, 1.82) is 0 Å². The van der Waals surface area contributed by atoms with Gasteiger partial charge in [-0.3, -0.25) is 9.69 Å². The topological polar surface area (TPSA) is 86.8 Å². The fourth-order valence-corrected chi connectivity index (χ4v) is 4.90. The zero-order valence-corrected chi connectivity index (χ0v) is 20.4. The first-order valence-electron chi connectivity index (χ1n) is 10.9. The molecule has 1 heterocycles. The van der Waals surface area contributed by atoms with Crippen LogP contribution < -0.4 is 15.1 Å². The summed E-state index contributed by atoms with van der Waals surface area (Å²) in [6.45, 7) is 5.69. The quantitative estimate of drug-likeness (QED) is 0.584. The van der Waals surface area contributed by atoms with E-state index in [0.29, 0.717) is 17.9 Å². The van der Waals surface area contributed by atoms with Crippen LogP contribution in [0.2, 0.25) is 0 Å². The molecule has 3 aromatic rings. The van der Waals surface area contributed by atoms with Crippen molar-refractivity contribution in [2.45, 2.75) is 31.7 Å². The normalized spacial score (nSPS) is 15.6. The molecular formula is C26H27N3O4S. The van der Waals surface area contributed by atoms with E-state index in [9.17, 15) is 18.0 Å². The number of hydrogen-bond acceptors (Lipinski definition) is 4. The summed E-state index contributed by atoms with van der Waals surface area (Å²) in [6.07, 6.45) is 1.17. The van der Waals surface area contributed by atoms with Crippen molar-refractivity contribution in [3.8, 4) is 11.1 Å². The minimum atomic E-state index is -3.30. The summed E-state index contributed by atoms with van der Waals surface area (Å²) >= 11 is 0. The van der Waals surface area contributed by atoms with E-state index in [-0.39, 0.29) is 22.9 Å². The van der Waals surface area contributed by atoms with Crippen molar-refractivity contribution in [3.63, 3.8) is 0 Å². The summed E-state index contributed by atoms with van der Waals surface area (Å²) in [5.74, 6) is -0.0991. The Bertz CT molecular complexity index is 1370. The number of nitrogens with zero attached hydrogens (tertiary/aromatic N) is 2. The van der Waals surface area contributed by atoms with Crippen LogP contribution in [0.3, 0.4) is 0 Å². The highest BCUT2D eigenvalue weighted by atomic mass is 32.2. The number of anilines is 3. The van der Waals surface area contributed by atoms with E-state index >= 15 is 0 Å². The Kier molecular flexibility index (Phi) is 6.18. The second-order valence-corrected chi connectivity index (χ2v) is 10.6. The number of hydrogen-bond donors (Lipinski definition) is 1. The number of benzene rings is 3. The smallest absolute Gasteiger partial charge is 0.307 e. The molecule has 0 aliphatic carbocycles. The Balaban J connectivity index is 1.76. The molecule has 0 bridgehead atoms. The summed E-state index contributed by atoms with van der Waals surface area (Å²) in [7, 11) is -3.30. The summed E-state index contributed by atoms with van der Waals surface area (Å²) in [6, 6.07) is 19.3. The Morgan fingerprint density at radius 3 is 2.21 bits per heavy atom. The van der Waals surface area contributed by atoms with Crippen molar-refractivity contribution >= 4 is 38.8 Å². The number of para-hydroxylation sites is 1. The number of amides is 3. The van der Waals surface area contributed by atoms with Crippen LogP contribution in [0.5, 0.6) is 0 Å². The van der Waals surface area contributed by atoms with E-state index < -0.39 is 9.84 Å². The molecule has 0 aromatic heterocycles. The minimum absolute atomic E-state index is 0.0991. The number of carbonyl (C=O) groups is 2. The average Bonchev–Trinajstić information content (AvgIpc) is 2.79. The van der Waals surface area contributed by atoms with E-state index in [2.05, 4.69) is 5.32 Å². The van der Waals surface area contributed by atoms with Crippen molar-refractivity contribution in [1.82, 2.24) is 0 Å². The van der Waals surface area contributed by atoms with Crippen molar-refractivity contribution in [2.75, 3.05) is 27.9 Å². The van der Waals surface area contributed by atoms with Gasteiger partial charge in [-0.2, -0.15) is 0 Å². The first kappa shape index (κ1) is 23.5. The lowest BCUT2D eigenvalue weighted by Crippen LogP contribution is -2.52. The Labute approximate surface area is 199 Å². The Morgan fingerprint density at radius 1 is 0.941 bits per heavy atom. The molecule has 176 valence electrons. The number of nitrogens with one attached hydrogen (secondary N) is 1. The van der Waals surface area contributed by atoms with Crippen LogP contribution in [0.25, 0.3) is 11.1 Å². The van der Waals surface area contributed by atoms with Crippen LogP contribution in [-0.4, -0.2) is 39.2 Å². The molecule has 0 saturated heterocycles. The maximum Gasteiger partial charge on any atom is 0.326 e. The van der Waals surface area contributed by atoms with E-state index in [0.717, 1.165) is 22.4 Å². The Hall–Kier alpha value is -3.65. The van der Waals surface area contributed by atoms with Gasteiger partial charge in [0, 0.05) is 25.4 Å². The summed E-state index contributed by atoms with van der Waals surface area (Å²) in [5, 5.41) is 2.99. The molecule has 1 aliphatic heterocycles. The van der Waals surface area contributed by atoms with E-state index in [1.165, 1.54) is 13.2 Å². The molecule has 1 atom stereocenters. The first-order valence-corrected chi connectivity index (χ1v) is 12.8. The highest BCUT2D eigenvalue weighted by molar-refractivity contribution is 7.90. The molecule has 3 amide bonds. The SMILES string of the molecule is CC(=O)N1c2ccc(-c3ccc(S(C)(=O)=O)cc3)cc2N(C(=O)Nc2ccccc2C)C[C@@H]1C. The second kappa shape index (κ2) is 8.95. The lowest BCUT2D eigenvalue weighted by Gasteiger charge is -2.41. The minimum Gasteiger partial charge on any atom is -0.307 e. The van der Waals surface area contributed by atoms with Gasteiger partial charge in [-0.25, -0.2) is 13.2 Å². The molecule has 0 fully saturated rings. The first-order chi connectivity index (χ1) is 16.1. The molecule has 8 heteroatoms. The van der Waals surface area contributed by atoms with Gasteiger partial charge in [0.05, 0.1) is 22.3 Å². The van der Waals surface area contributed by atoms with Crippen molar-refractivity contribution in [3.05, 3.63) is 72.3 Å². The van der Waals surface area contributed by atoms with Gasteiger partial charge in [0.1, 0.15) is 0 Å². The van der Waals surface area contributed by atoms with Crippen LogP contribution in [0.15, 0.2) is 71.6 Å². The van der Waals surface area contributed by atoms with E-state index in [1.54, 1.807) is 34.1 Å². The van der Waals surface area contributed by atoms with Gasteiger partial charge in [0.15, 0.2) is 9.84 Å². The molecule has 3 aromatic carbocycles. The van der Waals surface area contributed by atoms with Crippen molar-refractivity contribution in [2.24, 2.45) is 0 Å². The summed E-state index contributed by atoms with van der Waals surface area (Å²) < 4.78 is 23.6. The van der Waals surface area contributed by atoms with Gasteiger partial charge >= 0.3 is 6.03 Å². The molecule has 34 heavy (non-hydrogen) atoms. The number of urea groups is 1. The fraction of sp³-hybridized carbons (Fsp3) is 0.231. The van der Waals surface area contributed by atoms with Crippen LogP contribution in [0, 0.1) is 6.92 Å². The zero-order valence-electron chi connectivity index (χ0n) is 19.6. The monoisotopic (exact) mass is 477 g/mol. The van der Waals surface area contributed by atoms with Gasteiger partial charge in [-0.1, -0.05) is 36.4 Å². The number of sulfone groups is 1. The van der Waals surface area contributed by atoms with E-state index in [1.807, 2.05) is 56.3 Å². The summed E-state index contributed by atoms with van der Waals surface area (Å²) in [4.78, 5) is 29.4. The molecular weight excluding hydrogens is 450 g/mol. The third kappa shape index (κ3) is 4.54. The van der Waals surface area contributed by atoms with Crippen LogP contribution in [0.1, 0.15) is 19.4 Å². The highest BCUT2D eigenvalue weighted by Gasteiger charge is 2.34. The van der Waals surface area contributed by atoms with Gasteiger partial charge in [-0.05, 0) is 60.9 Å². The highest BCUT2D eigenvalue weighted by Crippen LogP contribution is 2.39. The molecule has 1 aliphatic rings. The molecule has 4 rings (SSSR count). The molecule has 1 N–H and O–H groups in total. The van der Waals surface area contributed by atoms with Crippen LogP contribution in [-0.2, 0) is 14.6 Å². The largest absolute Gasteiger partial charge is 0.326 e. The molecule has 0 saturated carbocycles. The van der Waals surface area contributed by atoms with E-state index in [4.69, 9.17) is 0 Å². The number of carbonyl (C=O) groups excluding carboxylic acids is 2. The third-order valence-electron chi connectivity index (χ3n) is 6.00. The third-order valence-corrected chi connectivity index (χ3v) is 7.13. The number of aryl methyl sites for hydroxylation is 1. The van der Waals surface area contributed by atoms with Gasteiger partial charge in [0.25, 0.3) is 0 Å². The number of rotatable bonds is 3. The summed E-state index contributed by atoms with van der Waals surface area (Å²) in [5.41, 5.74) is 4.56. The van der Waals surface area contributed by atoms with Crippen LogP contribution >= 0.6 is 0 Å². The lowest BCUT2D eigenvalue weighted by atomic mass is 10.0. The molecule has 0 unspecified atom stereocenters. The lowest BCUT2D eigenvalue weighted by molar-refractivity contribution is -0.117. The van der Waals surface area contributed by atoms with Crippen molar-refractivity contribution < 1.29 is 18.0 Å². The maximum absolute atomic E-state index is 13.4. The molecule has 0 radical (unpaired) electrons. The standard InChI is InChI=1S/C26H27N3O4S/c1-17-7-5-6-8-23(17)27-26(31)28-16-18(2)29(19(3)30)24-14-11-21(15-25(24)28)20-9-12-22(13-10-20)34(4,32)33/h5-15,18H,16H2,1-4H3,(H,27,31)/t18-/m0/s1. The maximum atomic E-state index is 13.4. The molecule has 7 nitrogen and oxygen atoms in total. The average molecular weight is 478 g/mol. The van der Waals surface area contributed by atoms with Crippen LogP contribution in [0.4, 0.5) is 21.9 Å². The van der Waals surface area contributed by atoms with Gasteiger partial charge < -0.3 is 10.2 Å². The fourth-order valence-electron chi connectivity index (χ4n) is 4.27. The van der Waals surface area contributed by atoms with Gasteiger partial charge in [0.2, 0.25) is 5.91 Å². The molecule has 0 spiro atoms. The Morgan fingerprint density at radius 2 is 1.59 bits per heavy atom. The zero-order chi connectivity index (χ0) is 24.6. The predicted molar refractivity (Wildman–Crippen MR) is 135 cm³/mol. The second-order valence-electron chi connectivity index (χ2n) is 8.59.